The second-order valence-corrected chi connectivity index (χ2v) is 6.11. The van der Waals surface area contributed by atoms with Crippen molar-refractivity contribution >= 4 is 5.95 Å². The van der Waals surface area contributed by atoms with Gasteiger partial charge in [-0.05, 0) is 19.4 Å². The maximum atomic E-state index is 4.69. The number of benzene rings is 1. The van der Waals surface area contributed by atoms with Crippen molar-refractivity contribution < 1.29 is 0 Å². The zero-order chi connectivity index (χ0) is 16.1. The molecule has 2 N–H and O–H groups in total. The SMILES string of the molecule is Cc1cnc(NCCN2CCNC[C@H]2C)nc1-c1ccccc1. The Morgan fingerprint density at radius 2 is 2.13 bits per heavy atom. The summed E-state index contributed by atoms with van der Waals surface area (Å²) >= 11 is 0. The number of anilines is 1. The molecule has 1 fully saturated rings. The summed E-state index contributed by atoms with van der Waals surface area (Å²) in [5.74, 6) is 0.706. The monoisotopic (exact) mass is 311 g/mol. The van der Waals surface area contributed by atoms with E-state index in [0.29, 0.717) is 12.0 Å². The van der Waals surface area contributed by atoms with Gasteiger partial charge >= 0.3 is 0 Å². The van der Waals surface area contributed by atoms with Gasteiger partial charge < -0.3 is 10.6 Å². The van der Waals surface area contributed by atoms with Crippen molar-refractivity contribution in [2.75, 3.05) is 38.0 Å². The summed E-state index contributed by atoms with van der Waals surface area (Å²) in [7, 11) is 0. The molecule has 2 aromatic rings. The van der Waals surface area contributed by atoms with Gasteiger partial charge in [0.2, 0.25) is 5.95 Å². The molecule has 23 heavy (non-hydrogen) atoms. The number of aromatic nitrogens is 2. The molecular weight excluding hydrogens is 286 g/mol. The largest absolute Gasteiger partial charge is 0.353 e. The van der Waals surface area contributed by atoms with E-state index in [9.17, 15) is 0 Å². The number of nitrogens with one attached hydrogen (secondary N) is 2. The molecule has 0 spiro atoms. The summed E-state index contributed by atoms with van der Waals surface area (Å²) in [6.07, 6.45) is 1.89. The Balaban J connectivity index is 1.62. The molecule has 0 unspecified atom stereocenters. The highest BCUT2D eigenvalue weighted by Gasteiger charge is 2.17. The molecule has 0 radical (unpaired) electrons. The molecule has 0 amide bonds. The average Bonchev–Trinajstić information content (AvgIpc) is 2.59. The van der Waals surface area contributed by atoms with E-state index in [4.69, 9.17) is 4.98 Å². The molecule has 5 heteroatoms. The fourth-order valence-electron chi connectivity index (χ4n) is 2.94. The fraction of sp³-hybridized carbons (Fsp3) is 0.444. The Labute approximate surface area is 138 Å². The van der Waals surface area contributed by atoms with Crippen LogP contribution in [-0.4, -0.2) is 53.6 Å². The summed E-state index contributed by atoms with van der Waals surface area (Å²) in [6.45, 7) is 9.44. The minimum absolute atomic E-state index is 0.587. The zero-order valence-corrected chi connectivity index (χ0v) is 13.9. The van der Waals surface area contributed by atoms with Gasteiger partial charge in [-0.1, -0.05) is 30.3 Å². The molecule has 1 aliphatic heterocycles. The maximum absolute atomic E-state index is 4.69. The van der Waals surface area contributed by atoms with E-state index in [1.165, 1.54) is 0 Å². The van der Waals surface area contributed by atoms with E-state index in [0.717, 1.165) is 49.5 Å². The van der Waals surface area contributed by atoms with Crippen LogP contribution in [0.4, 0.5) is 5.95 Å². The summed E-state index contributed by atoms with van der Waals surface area (Å²) in [4.78, 5) is 11.6. The zero-order valence-electron chi connectivity index (χ0n) is 13.9. The number of nitrogens with zero attached hydrogens (tertiary/aromatic N) is 3. The predicted octanol–water partition coefficient (Wildman–Crippen LogP) is 2.16. The lowest BCUT2D eigenvalue weighted by Gasteiger charge is -2.33. The molecule has 1 aromatic heterocycles. The van der Waals surface area contributed by atoms with Crippen molar-refractivity contribution in [2.24, 2.45) is 0 Å². The van der Waals surface area contributed by atoms with Crippen LogP contribution in [0, 0.1) is 6.92 Å². The first kappa shape index (κ1) is 15.9. The molecule has 1 aliphatic rings. The molecule has 3 rings (SSSR count). The van der Waals surface area contributed by atoms with Gasteiger partial charge in [0.25, 0.3) is 0 Å². The number of piperazine rings is 1. The van der Waals surface area contributed by atoms with Gasteiger partial charge in [-0.3, -0.25) is 4.90 Å². The summed E-state index contributed by atoms with van der Waals surface area (Å²) < 4.78 is 0. The Morgan fingerprint density at radius 1 is 1.30 bits per heavy atom. The molecule has 0 saturated carbocycles. The van der Waals surface area contributed by atoms with Crippen molar-refractivity contribution in [1.82, 2.24) is 20.2 Å². The smallest absolute Gasteiger partial charge is 0.223 e. The van der Waals surface area contributed by atoms with Gasteiger partial charge in [-0.25, -0.2) is 9.97 Å². The molecule has 5 nitrogen and oxygen atoms in total. The quantitative estimate of drug-likeness (QED) is 0.886. The lowest BCUT2D eigenvalue weighted by atomic mass is 10.1. The Kier molecular flexibility index (Phi) is 5.20. The minimum atomic E-state index is 0.587. The molecule has 122 valence electrons. The molecule has 0 bridgehead atoms. The summed E-state index contributed by atoms with van der Waals surface area (Å²) in [5.41, 5.74) is 3.22. The molecule has 2 heterocycles. The van der Waals surface area contributed by atoms with Gasteiger partial charge in [0, 0.05) is 50.5 Å². The Morgan fingerprint density at radius 3 is 2.91 bits per heavy atom. The molecule has 0 aliphatic carbocycles. The highest BCUT2D eigenvalue weighted by atomic mass is 15.2. The first-order chi connectivity index (χ1) is 11.2. The van der Waals surface area contributed by atoms with Gasteiger partial charge in [0.05, 0.1) is 5.69 Å². The highest BCUT2D eigenvalue weighted by Crippen LogP contribution is 2.21. The fourth-order valence-corrected chi connectivity index (χ4v) is 2.94. The van der Waals surface area contributed by atoms with Crippen molar-refractivity contribution in [3.05, 3.63) is 42.1 Å². The van der Waals surface area contributed by atoms with Gasteiger partial charge in [-0.15, -0.1) is 0 Å². The van der Waals surface area contributed by atoms with Crippen LogP contribution in [0.15, 0.2) is 36.5 Å². The average molecular weight is 311 g/mol. The van der Waals surface area contributed by atoms with Crippen molar-refractivity contribution in [1.29, 1.82) is 0 Å². The van der Waals surface area contributed by atoms with Gasteiger partial charge in [-0.2, -0.15) is 0 Å². The number of hydrogen-bond donors (Lipinski definition) is 2. The van der Waals surface area contributed by atoms with Crippen LogP contribution in [0.5, 0.6) is 0 Å². The standard InChI is InChI=1S/C18H25N5/c1-14-12-21-18(22-17(14)16-6-4-3-5-7-16)20-9-11-23-10-8-19-13-15(23)2/h3-7,12,15,19H,8-11,13H2,1-2H3,(H,20,21,22)/t15-/m1/s1. The second kappa shape index (κ2) is 7.53. The third kappa shape index (κ3) is 4.06. The van der Waals surface area contributed by atoms with E-state index in [1.807, 2.05) is 24.4 Å². The van der Waals surface area contributed by atoms with Crippen LogP contribution >= 0.6 is 0 Å². The molecular formula is C18H25N5. The third-order valence-corrected chi connectivity index (χ3v) is 4.34. The van der Waals surface area contributed by atoms with Crippen LogP contribution in [-0.2, 0) is 0 Å². The number of hydrogen-bond acceptors (Lipinski definition) is 5. The lowest BCUT2D eigenvalue weighted by Crippen LogP contribution is -2.50. The predicted molar refractivity (Wildman–Crippen MR) is 94.6 cm³/mol. The van der Waals surface area contributed by atoms with Gasteiger partial charge in [0.1, 0.15) is 0 Å². The van der Waals surface area contributed by atoms with Crippen LogP contribution < -0.4 is 10.6 Å². The normalized spacial score (nSPS) is 18.8. The second-order valence-electron chi connectivity index (χ2n) is 6.11. The van der Waals surface area contributed by atoms with Crippen molar-refractivity contribution in [3.63, 3.8) is 0 Å². The minimum Gasteiger partial charge on any atom is -0.353 e. The van der Waals surface area contributed by atoms with E-state index >= 15 is 0 Å². The summed E-state index contributed by atoms with van der Waals surface area (Å²) in [5, 5.41) is 6.78. The summed E-state index contributed by atoms with van der Waals surface area (Å²) in [6, 6.07) is 10.9. The van der Waals surface area contributed by atoms with E-state index in [2.05, 4.69) is 46.5 Å². The van der Waals surface area contributed by atoms with E-state index in [-0.39, 0.29) is 0 Å². The number of aryl methyl sites for hydroxylation is 1. The van der Waals surface area contributed by atoms with Crippen LogP contribution in [0.25, 0.3) is 11.3 Å². The van der Waals surface area contributed by atoms with Crippen LogP contribution in [0.3, 0.4) is 0 Å². The van der Waals surface area contributed by atoms with E-state index < -0.39 is 0 Å². The third-order valence-electron chi connectivity index (χ3n) is 4.34. The highest BCUT2D eigenvalue weighted by molar-refractivity contribution is 5.63. The molecule has 1 aromatic carbocycles. The Bertz CT molecular complexity index is 629. The first-order valence-corrected chi connectivity index (χ1v) is 8.32. The first-order valence-electron chi connectivity index (χ1n) is 8.32. The van der Waals surface area contributed by atoms with Crippen molar-refractivity contribution in [3.8, 4) is 11.3 Å². The van der Waals surface area contributed by atoms with Crippen molar-refractivity contribution in [2.45, 2.75) is 19.9 Å². The topological polar surface area (TPSA) is 53.1 Å². The maximum Gasteiger partial charge on any atom is 0.223 e. The van der Waals surface area contributed by atoms with Gasteiger partial charge in [0.15, 0.2) is 0 Å². The van der Waals surface area contributed by atoms with Crippen LogP contribution in [0.1, 0.15) is 12.5 Å². The molecule has 1 saturated heterocycles. The Hall–Kier alpha value is -1.98. The van der Waals surface area contributed by atoms with Crippen LogP contribution in [0.2, 0.25) is 0 Å². The molecule has 1 atom stereocenters. The number of rotatable bonds is 5. The van der Waals surface area contributed by atoms with E-state index in [1.54, 1.807) is 0 Å². The lowest BCUT2D eigenvalue weighted by molar-refractivity contribution is 0.180.